The summed E-state index contributed by atoms with van der Waals surface area (Å²) in [6.07, 6.45) is 3.12. The number of pyridine rings is 1. The average Bonchev–Trinajstić information content (AvgIpc) is 2.68. The average molecular weight is 394 g/mol. The minimum absolute atomic E-state index is 0.204. The third kappa shape index (κ3) is 3.50. The second-order valence-electron chi connectivity index (χ2n) is 7.53. The van der Waals surface area contributed by atoms with Crippen LogP contribution in [0.25, 0.3) is 10.9 Å². The van der Waals surface area contributed by atoms with Crippen molar-refractivity contribution < 1.29 is 13.9 Å². The molecule has 2 N–H and O–H groups in total. The summed E-state index contributed by atoms with van der Waals surface area (Å²) in [6.45, 7) is 1.64. The molecule has 0 bridgehead atoms. The van der Waals surface area contributed by atoms with Crippen LogP contribution in [0.4, 0.5) is 4.39 Å². The number of carbonyl (C=O) groups is 1. The standard InChI is InChI=1S/C23H23FN2O3/c1-13-19(25-21-17(22(13)27)7-4-8-18(21)29-2)23(28)26-20(14-5-3-6-14)15-9-11-16(24)12-10-15/h4,7-12,14,20H,3,5-6H2,1-2H3,(H,25,27)(H,26,28)/t20-/m0/s1. The van der Waals surface area contributed by atoms with Crippen LogP contribution >= 0.6 is 0 Å². The van der Waals surface area contributed by atoms with Gasteiger partial charge in [0.05, 0.1) is 18.7 Å². The maximum atomic E-state index is 13.4. The molecule has 1 fully saturated rings. The second kappa shape index (κ2) is 7.70. The number of methoxy groups -OCH3 is 1. The van der Waals surface area contributed by atoms with Gasteiger partial charge < -0.3 is 15.0 Å². The van der Waals surface area contributed by atoms with E-state index in [9.17, 15) is 14.0 Å². The zero-order chi connectivity index (χ0) is 20.5. The molecule has 150 valence electrons. The molecule has 4 rings (SSSR count). The van der Waals surface area contributed by atoms with Crippen LogP contribution in [0, 0.1) is 18.7 Å². The van der Waals surface area contributed by atoms with Crippen molar-refractivity contribution in [2.24, 2.45) is 5.92 Å². The molecular weight excluding hydrogens is 371 g/mol. The molecule has 3 aromatic rings. The van der Waals surface area contributed by atoms with Crippen molar-refractivity contribution >= 4 is 16.8 Å². The van der Waals surface area contributed by atoms with Crippen molar-refractivity contribution in [2.45, 2.75) is 32.2 Å². The Morgan fingerprint density at radius 2 is 1.93 bits per heavy atom. The molecule has 1 heterocycles. The molecule has 5 nitrogen and oxygen atoms in total. The molecule has 1 amide bonds. The molecule has 0 unspecified atom stereocenters. The topological polar surface area (TPSA) is 71.2 Å². The fraction of sp³-hybridized carbons (Fsp3) is 0.304. The first kappa shape index (κ1) is 19.2. The highest BCUT2D eigenvalue weighted by atomic mass is 19.1. The van der Waals surface area contributed by atoms with Gasteiger partial charge in [-0.25, -0.2) is 4.39 Å². The number of carbonyl (C=O) groups excluding carboxylic acids is 1. The zero-order valence-corrected chi connectivity index (χ0v) is 16.4. The minimum Gasteiger partial charge on any atom is -0.495 e. The van der Waals surface area contributed by atoms with Crippen molar-refractivity contribution in [3.8, 4) is 5.75 Å². The van der Waals surface area contributed by atoms with Crippen LogP contribution in [-0.4, -0.2) is 18.0 Å². The lowest BCUT2D eigenvalue weighted by molar-refractivity contribution is 0.0895. The molecule has 0 saturated heterocycles. The third-order valence-electron chi connectivity index (χ3n) is 5.82. The number of hydrogen-bond acceptors (Lipinski definition) is 3. The molecule has 1 atom stereocenters. The van der Waals surface area contributed by atoms with E-state index < -0.39 is 0 Å². The van der Waals surface area contributed by atoms with E-state index >= 15 is 0 Å². The number of para-hydroxylation sites is 1. The monoisotopic (exact) mass is 394 g/mol. The number of benzene rings is 2. The van der Waals surface area contributed by atoms with Gasteiger partial charge in [0.15, 0.2) is 5.43 Å². The van der Waals surface area contributed by atoms with Crippen LogP contribution in [0.15, 0.2) is 47.3 Å². The summed E-state index contributed by atoms with van der Waals surface area (Å²) in [5.41, 5.74) is 1.73. The van der Waals surface area contributed by atoms with Crippen molar-refractivity contribution in [2.75, 3.05) is 7.11 Å². The molecule has 1 aliphatic rings. The van der Waals surface area contributed by atoms with E-state index in [1.54, 1.807) is 37.3 Å². The Bertz CT molecular complexity index is 1120. The minimum atomic E-state index is -0.353. The lowest BCUT2D eigenvalue weighted by Gasteiger charge is -2.34. The summed E-state index contributed by atoms with van der Waals surface area (Å²) < 4.78 is 18.7. The number of aromatic amines is 1. The van der Waals surface area contributed by atoms with Gasteiger partial charge in [-0.2, -0.15) is 0 Å². The second-order valence-corrected chi connectivity index (χ2v) is 7.53. The summed E-state index contributed by atoms with van der Waals surface area (Å²) in [5, 5.41) is 3.55. The lowest BCUT2D eigenvalue weighted by Crippen LogP contribution is -2.37. The predicted octanol–water partition coefficient (Wildman–Crippen LogP) is 4.26. The number of amides is 1. The van der Waals surface area contributed by atoms with E-state index in [1.165, 1.54) is 19.2 Å². The number of ether oxygens (including phenoxy) is 1. The Kier molecular flexibility index (Phi) is 5.09. The fourth-order valence-corrected chi connectivity index (χ4v) is 3.91. The van der Waals surface area contributed by atoms with Gasteiger partial charge in [0.1, 0.15) is 17.3 Å². The molecular formula is C23H23FN2O3. The molecule has 0 aliphatic heterocycles. The van der Waals surface area contributed by atoms with Gasteiger partial charge in [-0.15, -0.1) is 0 Å². The van der Waals surface area contributed by atoms with E-state index in [4.69, 9.17) is 4.74 Å². The number of H-pyrrole nitrogens is 1. The normalized spacial score (nSPS) is 15.0. The quantitative estimate of drug-likeness (QED) is 0.679. The third-order valence-corrected chi connectivity index (χ3v) is 5.82. The molecule has 1 aromatic heterocycles. The van der Waals surface area contributed by atoms with Gasteiger partial charge in [-0.05, 0) is 55.5 Å². The smallest absolute Gasteiger partial charge is 0.268 e. The Hall–Kier alpha value is -3.15. The number of rotatable bonds is 5. The first-order valence-electron chi connectivity index (χ1n) is 9.75. The summed E-state index contributed by atoms with van der Waals surface area (Å²) in [4.78, 5) is 29.1. The van der Waals surface area contributed by atoms with Crippen molar-refractivity contribution in [1.29, 1.82) is 0 Å². The fourth-order valence-electron chi connectivity index (χ4n) is 3.91. The number of fused-ring (bicyclic) bond motifs is 1. The zero-order valence-electron chi connectivity index (χ0n) is 16.4. The molecule has 0 spiro atoms. The van der Waals surface area contributed by atoms with E-state index in [0.717, 1.165) is 24.8 Å². The molecule has 2 aromatic carbocycles. The number of hydrogen-bond donors (Lipinski definition) is 2. The number of aromatic nitrogens is 1. The van der Waals surface area contributed by atoms with Crippen LogP contribution in [0.5, 0.6) is 5.75 Å². The van der Waals surface area contributed by atoms with E-state index in [2.05, 4.69) is 10.3 Å². The maximum absolute atomic E-state index is 13.4. The highest BCUT2D eigenvalue weighted by molar-refractivity contribution is 5.97. The van der Waals surface area contributed by atoms with E-state index in [-0.39, 0.29) is 28.9 Å². The van der Waals surface area contributed by atoms with Gasteiger partial charge >= 0.3 is 0 Å². The van der Waals surface area contributed by atoms with E-state index in [1.807, 2.05) is 0 Å². The summed E-state index contributed by atoms with van der Waals surface area (Å²) in [7, 11) is 1.52. The summed E-state index contributed by atoms with van der Waals surface area (Å²) in [6, 6.07) is 11.2. The summed E-state index contributed by atoms with van der Waals surface area (Å²) in [5.74, 6) is 0.136. The Morgan fingerprint density at radius 3 is 2.55 bits per heavy atom. The van der Waals surface area contributed by atoms with Crippen molar-refractivity contribution in [3.05, 3.63) is 75.3 Å². The van der Waals surface area contributed by atoms with Crippen molar-refractivity contribution in [3.63, 3.8) is 0 Å². The van der Waals surface area contributed by atoms with Crippen LogP contribution in [-0.2, 0) is 0 Å². The highest BCUT2D eigenvalue weighted by Crippen LogP contribution is 2.38. The Balaban J connectivity index is 1.73. The largest absolute Gasteiger partial charge is 0.495 e. The van der Waals surface area contributed by atoms with Gasteiger partial charge in [-0.1, -0.05) is 24.6 Å². The highest BCUT2D eigenvalue weighted by Gasteiger charge is 2.31. The first-order valence-corrected chi connectivity index (χ1v) is 9.75. The number of nitrogens with one attached hydrogen (secondary N) is 2. The van der Waals surface area contributed by atoms with Crippen molar-refractivity contribution in [1.82, 2.24) is 10.3 Å². The molecule has 6 heteroatoms. The molecule has 1 saturated carbocycles. The van der Waals surface area contributed by atoms with Crippen LogP contribution in [0.1, 0.15) is 46.9 Å². The van der Waals surface area contributed by atoms with E-state index in [0.29, 0.717) is 28.1 Å². The lowest BCUT2D eigenvalue weighted by atomic mass is 9.77. The van der Waals surface area contributed by atoms with Gasteiger partial charge in [0.25, 0.3) is 5.91 Å². The van der Waals surface area contributed by atoms with Crippen LogP contribution in [0.2, 0.25) is 0 Å². The van der Waals surface area contributed by atoms with Crippen LogP contribution in [0.3, 0.4) is 0 Å². The predicted molar refractivity (Wildman–Crippen MR) is 110 cm³/mol. The van der Waals surface area contributed by atoms with Gasteiger partial charge in [0, 0.05) is 10.9 Å². The Labute approximate surface area is 167 Å². The molecule has 1 aliphatic carbocycles. The summed E-state index contributed by atoms with van der Waals surface area (Å²) >= 11 is 0. The maximum Gasteiger partial charge on any atom is 0.268 e. The number of halogens is 1. The van der Waals surface area contributed by atoms with Crippen LogP contribution < -0.4 is 15.5 Å². The SMILES string of the molecule is COc1cccc2c(=O)c(C)c(C(=O)N[C@H](c3ccc(F)cc3)C3CCC3)[nH]c12. The molecule has 29 heavy (non-hydrogen) atoms. The molecule has 0 radical (unpaired) electrons. The van der Waals surface area contributed by atoms with Gasteiger partial charge in [0.2, 0.25) is 0 Å². The Morgan fingerprint density at radius 1 is 1.21 bits per heavy atom. The first-order chi connectivity index (χ1) is 14.0. The van der Waals surface area contributed by atoms with Gasteiger partial charge in [-0.3, -0.25) is 9.59 Å².